The molecule has 0 saturated heterocycles. The van der Waals surface area contributed by atoms with Crippen LogP contribution >= 0.6 is 22.6 Å². The molecule has 108 valence electrons. The second kappa shape index (κ2) is 7.83. The molecule has 0 aliphatic rings. The lowest BCUT2D eigenvalue weighted by Gasteiger charge is -2.10. The summed E-state index contributed by atoms with van der Waals surface area (Å²) in [5.41, 5.74) is 0.608. The molecule has 0 aromatic heterocycles. The van der Waals surface area contributed by atoms with Gasteiger partial charge in [-0.05, 0) is 40.6 Å². The van der Waals surface area contributed by atoms with Gasteiger partial charge in [0, 0.05) is 16.4 Å². The van der Waals surface area contributed by atoms with Crippen LogP contribution in [0.2, 0.25) is 0 Å². The Morgan fingerprint density at radius 1 is 1.25 bits per heavy atom. The van der Waals surface area contributed by atoms with Crippen LogP contribution in [0.4, 0.5) is 10.5 Å². The molecule has 3 amide bonds. The summed E-state index contributed by atoms with van der Waals surface area (Å²) in [6, 6.07) is 6.53. The topological polar surface area (TPSA) is 95.5 Å². The van der Waals surface area contributed by atoms with E-state index in [0.717, 1.165) is 3.57 Å². The summed E-state index contributed by atoms with van der Waals surface area (Å²) in [6.07, 6.45) is -0.114. The number of rotatable bonds is 5. The molecule has 0 spiro atoms. The van der Waals surface area contributed by atoms with Gasteiger partial charge in [-0.3, -0.25) is 14.9 Å². The van der Waals surface area contributed by atoms with Gasteiger partial charge < -0.3 is 10.4 Å². The van der Waals surface area contributed by atoms with Gasteiger partial charge in [-0.1, -0.05) is 19.1 Å². The molecule has 0 bridgehead atoms. The zero-order valence-corrected chi connectivity index (χ0v) is 13.0. The third kappa shape index (κ3) is 6.00. The maximum absolute atomic E-state index is 11.6. The van der Waals surface area contributed by atoms with Crippen LogP contribution in [0.1, 0.15) is 19.8 Å². The van der Waals surface area contributed by atoms with Crippen molar-refractivity contribution < 1.29 is 19.5 Å². The van der Waals surface area contributed by atoms with Crippen LogP contribution < -0.4 is 10.6 Å². The van der Waals surface area contributed by atoms with E-state index in [-0.39, 0.29) is 18.8 Å². The molecule has 1 aromatic carbocycles. The molecule has 0 saturated carbocycles. The van der Waals surface area contributed by atoms with E-state index in [9.17, 15) is 14.4 Å². The smallest absolute Gasteiger partial charge is 0.325 e. The Kier molecular flexibility index (Phi) is 6.43. The Hall–Kier alpha value is -1.64. The van der Waals surface area contributed by atoms with Crippen LogP contribution in [0.3, 0.4) is 0 Å². The number of hydrogen-bond donors (Lipinski definition) is 3. The highest BCUT2D eigenvalue weighted by atomic mass is 127. The highest BCUT2D eigenvalue weighted by Gasteiger charge is 2.15. The van der Waals surface area contributed by atoms with Gasteiger partial charge in [0.15, 0.2) is 0 Å². The van der Waals surface area contributed by atoms with E-state index >= 15 is 0 Å². The molecule has 1 atom stereocenters. The van der Waals surface area contributed by atoms with Gasteiger partial charge in [-0.25, -0.2) is 4.79 Å². The number of carboxylic acid groups (broad SMARTS) is 1. The number of urea groups is 1. The number of hydrogen-bond acceptors (Lipinski definition) is 3. The van der Waals surface area contributed by atoms with Gasteiger partial charge in [0.05, 0.1) is 5.69 Å². The fourth-order valence-electron chi connectivity index (χ4n) is 1.58. The number of nitrogens with one attached hydrogen (secondary N) is 2. The van der Waals surface area contributed by atoms with Crippen molar-refractivity contribution in [2.75, 3.05) is 5.32 Å². The highest BCUT2D eigenvalue weighted by molar-refractivity contribution is 14.1. The van der Waals surface area contributed by atoms with E-state index in [0.29, 0.717) is 5.69 Å². The minimum absolute atomic E-state index is 0.00833. The summed E-state index contributed by atoms with van der Waals surface area (Å²) in [6.45, 7) is 1.64. The molecule has 0 fully saturated rings. The first kappa shape index (κ1) is 16.4. The lowest BCUT2D eigenvalue weighted by atomic mass is 10.0. The Labute approximate surface area is 130 Å². The monoisotopic (exact) mass is 390 g/mol. The fourth-order valence-corrected chi connectivity index (χ4v) is 2.10. The van der Waals surface area contributed by atoms with Crippen molar-refractivity contribution >= 4 is 46.2 Å². The largest absolute Gasteiger partial charge is 0.481 e. The number of carboxylic acids is 1. The lowest BCUT2D eigenvalue weighted by molar-refractivity contribution is -0.138. The minimum Gasteiger partial charge on any atom is -0.481 e. The third-order valence-corrected chi connectivity index (χ3v) is 3.37. The molecule has 20 heavy (non-hydrogen) atoms. The summed E-state index contributed by atoms with van der Waals surface area (Å²) < 4.78 is 0.854. The maximum Gasteiger partial charge on any atom is 0.325 e. The molecular formula is C13H15IN2O4. The predicted octanol–water partition coefficient (Wildman–Crippen LogP) is 2.44. The second-order valence-corrected chi connectivity index (χ2v) is 5.55. The molecular weight excluding hydrogens is 375 g/mol. The molecule has 1 aromatic rings. The first-order chi connectivity index (χ1) is 9.38. The molecule has 0 radical (unpaired) electrons. The highest BCUT2D eigenvalue weighted by Crippen LogP contribution is 2.16. The molecule has 1 unspecified atom stereocenters. The van der Waals surface area contributed by atoms with Gasteiger partial charge in [-0.2, -0.15) is 0 Å². The van der Waals surface area contributed by atoms with E-state index < -0.39 is 17.9 Å². The quantitative estimate of drug-likeness (QED) is 0.673. The minimum atomic E-state index is -0.964. The van der Waals surface area contributed by atoms with E-state index in [2.05, 4.69) is 33.2 Å². The van der Waals surface area contributed by atoms with Crippen molar-refractivity contribution in [2.24, 2.45) is 5.92 Å². The molecule has 3 N–H and O–H groups in total. The molecule has 0 aliphatic heterocycles. The van der Waals surface area contributed by atoms with E-state index in [1.807, 2.05) is 12.1 Å². The molecule has 6 nitrogen and oxygen atoms in total. The summed E-state index contributed by atoms with van der Waals surface area (Å²) >= 11 is 2.07. The van der Waals surface area contributed by atoms with Gasteiger partial charge >= 0.3 is 12.0 Å². The number of para-hydroxylation sites is 1. The summed E-state index contributed by atoms with van der Waals surface area (Å²) in [4.78, 5) is 33.7. The Morgan fingerprint density at radius 2 is 1.90 bits per heavy atom. The summed E-state index contributed by atoms with van der Waals surface area (Å²) in [5, 5.41) is 13.3. The standard InChI is InChI=1S/C13H15IN2O4/c1-8(7-12(18)19)6-11(17)16-13(20)15-10-5-3-2-4-9(10)14/h2-5,8H,6-7H2,1H3,(H,18,19)(H2,15,16,17,20). The molecule has 7 heteroatoms. The second-order valence-electron chi connectivity index (χ2n) is 4.39. The van der Waals surface area contributed by atoms with Crippen molar-refractivity contribution in [3.8, 4) is 0 Å². The third-order valence-electron chi connectivity index (χ3n) is 2.43. The van der Waals surface area contributed by atoms with Crippen LogP contribution in [0.15, 0.2) is 24.3 Å². The van der Waals surface area contributed by atoms with Crippen LogP contribution in [-0.4, -0.2) is 23.0 Å². The normalized spacial score (nSPS) is 11.5. The van der Waals surface area contributed by atoms with Crippen LogP contribution in [0.5, 0.6) is 0 Å². The van der Waals surface area contributed by atoms with Crippen LogP contribution in [0.25, 0.3) is 0 Å². The number of imide groups is 1. The zero-order chi connectivity index (χ0) is 15.1. The number of halogens is 1. The van der Waals surface area contributed by atoms with Crippen molar-refractivity contribution in [3.63, 3.8) is 0 Å². The lowest BCUT2D eigenvalue weighted by Crippen LogP contribution is -2.35. The van der Waals surface area contributed by atoms with E-state index in [1.54, 1.807) is 19.1 Å². The van der Waals surface area contributed by atoms with Crippen LogP contribution in [-0.2, 0) is 9.59 Å². The van der Waals surface area contributed by atoms with Crippen LogP contribution in [0, 0.1) is 9.49 Å². The van der Waals surface area contributed by atoms with Crippen molar-refractivity contribution in [1.82, 2.24) is 5.32 Å². The number of carbonyl (C=O) groups excluding carboxylic acids is 2. The average molecular weight is 390 g/mol. The molecule has 0 heterocycles. The van der Waals surface area contributed by atoms with E-state index in [1.165, 1.54) is 0 Å². The summed E-state index contributed by atoms with van der Waals surface area (Å²) in [7, 11) is 0. The number of aliphatic carboxylic acids is 1. The number of carbonyl (C=O) groups is 3. The first-order valence-corrected chi connectivity index (χ1v) is 7.03. The summed E-state index contributed by atoms with van der Waals surface area (Å²) in [5.74, 6) is -1.78. The predicted molar refractivity (Wildman–Crippen MR) is 82.4 cm³/mol. The van der Waals surface area contributed by atoms with Crippen molar-refractivity contribution in [1.29, 1.82) is 0 Å². The molecule has 0 aliphatic carbocycles. The van der Waals surface area contributed by atoms with Crippen molar-refractivity contribution in [3.05, 3.63) is 27.8 Å². The van der Waals surface area contributed by atoms with Gasteiger partial charge in [0.25, 0.3) is 0 Å². The van der Waals surface area contributed by atoms with Gasteiger partial charge in [0.2, 0.25) is 5.91 Å². The average Bonchev–Trinajstić information content (AvgIpc) is 2.30. The van der Waals surface area contributed by atoms with Gasteiger partial charge in [0.1, 0.15) is 0 Å². The number of amides is 3. The first-order valence-electron chi connectivity index (χ1n) is 5.95. The Morgan fingerprint density at radius 3 is 2.50 bits per heavy atom. The van der Waals surface area contributed by atoms with Crippen molar-refractivity contribution in [2.45, 2.75) is 19.8 Å². The van der Waals surface area contributed by atoms with E-state index in [4.69, 9.17) is 5.11 Å². The molecule has 1 rings (SSSR count). The number of anilines is 1. The Balaban J connectivity index is 2.44. The zero-order valence-electron chi connectivity index (χ0n) is 10.9. The fraction of sp³-hybridized carbons (Fsp3) is 0.308. The maximum atomic E-state index is 11.6. The SMILES string of the molecule is CC(CC(=O)O)CC(=O)NC(=O)Nc1ccccc1I. The van der Waals surface area contributed by atoms with Gasteiger partial charge in [-0.15, -0.1) is 0 Å². The Bertz CT molecular complexity index is 519. The number of benzene rings is 1.